The molecule has 2 heterocycles. The number of nitrogens with one attached hydrogen (secondary N) is 2. The fourth-order valence-electron chi connectivity index (χ4n) is 2.13. The number of aromatic nitrogens is 2. The number of anilines is 4. The van der Waals surface area contributed by atoms with E-state index in [2.05, 4.69) is 44.9 Å². The first-order valence-corrected chi connectivity index (χ1v) is 10.6. The first-order valence-electron chi connectivity index (χ1n) is 8.12. The summed E-state index contributed by atoms with van der Waals surface area (Å²) >= 11 is 6.21. The maximum atomic E-state index is 10.6. The third kappa shape index (κ3) is 6.18. The Bertz CT molecular complexity index is 1070. The number of carboxylic acids is 1. The Hall–Kier alpha value is -2.63. The van der Waals surface area contributed by atoms with Crippen LogP contribution in [0.4, 0.5) is 36.3 Å². The second-order valence-electron chi connectivity index (χ2n) is 5.67. The fraction of sp³-hybridized carbons (Fsp3) is 0.0556. The number of halogens is 4. The number of aliphatic carboxylic acids is 1. The topological polar surface area (TPSA) is 87.1 Å². The van der Waals surface area contributed by atoms with E-state index < -0.39 is 12.1 Å². The number of hydrogen-bond donors (Lipinski definition) is 3. The minimum absolute atomic E-state index is 0.478. The normalized spacial score (nSPS) is 12.5. The molecule has 0 fully saturated rings. The Morgan fingerprint density at radius 2 is 1.53 bits per heavy atom. The van der Waals surface area contributed by atoms with Crippen LogP contribution in [0.25, 0.3) is 0 Å². The average Bonchev–Trinajstić information content (AvgIpc) is 2.69. The van der Waals surface area contributed by atoms with Crippen molar-refractivity contribution >= 4 is 62.3 Å². The van der Waals surface area contributed by atoms with Crippen LogP contribution in [0.3, 0.4) is 0 Å². The van der Waals surface area contributed by atoms with Crippen molar-refractivity contribution in [3.8, 4) is 0 Å². The minimum Gasteiger partial charge on any atom is -0.475 e. The summed E-state index contributed by atoms with van der Waals surface area (Å²) in [5.74, 6) is -1.68. The molecule has 0 saturated carbocycles. The van der Waals surface area contributed by atoms with Crippen LogP contribution in [0.2, 0.25) is 5.02 Å². The number of carboxylic acid groups (broad SMARTS) is 1. The van der Waals surface area contributed by atoms with Gasteiger partial charge in [-0.3, -0.25) is 0 Å². The molecule has 1 aliphatic rings. The van der Waals surface area contributed by atoms with Gasteiger partial charge in [-0.15, -0.1) is 0 Å². The summed E-state index contributed by atoms with van der Waals surface area (Å²) in [5, 5.41) is 14.1. The molecular weight excluding hydrogens is 461 g/mol. The van der Waals surface area contributed by atoms with Gasteiger partial charge in [0.15, 0.2) is 5.82 Å². The van der Waals surface area contributed by atoms with Gasteiger partial charge in [0.2, 0.25) is 5.95 Å². The zero-order valence-electron chi connectivity index (χ0n) is 14.8. The number of alkyl halides is 3. The molecule has 0 spiro atoms. The third-order valence-corrected chi connectivity index (χ3v) is 6.07. The van der Waals surface area contributed by atoms with Crippen LogP contribution >= 0.6 is 33.2 Å². The SMILES string of the molecule is Clc1cnc2nc1Nc1cccc(c1)SSc1cccc(c1)N2.O=C(O)C(F)(F)F. The van der Waals surface area contributed by atoms with Crippen molar-refractivity contribution in [1.29, 1.82) is 0 Å². The van der Waals surface area contributed by atoms with Gasteiger partial charge in [-0.25, -0.2) is 9.78 Å². The fourth-order valence-corrected chi connectivity index (χ4v) is 4.28. The number of fused-ring (bicyclic) bond motifs is 6. The molecule has 30 heavy (non-hydrogen) atoms. The van der Waals surface area contributed by atoms with E-state index in [1.165, 1.54) is 0 Å². The number of rotatable bonds is 0. The molecule has 4 rings (SSSR count). The molecule has 0 saturated heterocycles. The lowest BCUT2D eigenvalue weighted by atomic mass is 10.3. The van der Waals surface area contributed by atoms with E-state index in [9.17, 15) is 13.2 Å². The minimum atomic E-state index is -5.08. The van der Waals surface area contributed by atoms with Gasteiger partial charge in [0, 0.05) is 21.2 Å². The summed E-state index contributed by atoms with van der Waals surface area (Å²) in [6, 6.07) is 16.3. The average molecular weight is 473 g/mol. The van der Waals surface area contributed by atoms with E-state index in [0.717, 1.165) is 21.2 Å². The van der Waals surface area contributed by atoms with E-state index in [1.807, 2.05) is 24.3 Å². The molecule has 2 aromatic carbocycles. The second kappa shape index (κ2) is 9.45. The van der Waals surface area contributed by atoms with E-state index in [1.54, 1.807) is 27.8 Å². The number of benzene rings is 2. The molecular formula is C18H12ClF3N4O2S2. The Balaban J connectivity index is 0.000000318. The van der Waals surface area contributed by atoms with E-state index in [-0.39, 0.29) is 0 Å². The summed E-state index contributed by atoms with van der Waals surface area (Å²) < 4.78 is 31.7. The zero-order chi connectivity index (χ0) is 21.7. The highest BCUT2D eigenvalue weighted by Crippen LogP contribution is 2.39. The predicted molar refractivity (Wildman–Crippen MR) is 112 cm³/mol. The quantitative estimate of drug-likeness (QED) is 0.326. The van der Waals surface area contributed by atoms with Gasteiger partial charge in [-0.2, -0.15) is 18.2 Å². The number of nitrogens with zero attached hydrogens (tertiary/aromatic N) is 2. The largest absolute Gasteiger partial charge is 0.490 e. The summed E-state index contributed by atoms with van der Waals surface area (Å²) in [4.78, 5) is 19.9. The molecule has 0 radical (unpaired) electrons. The molecule has 0 unspecified atom stereocenters. The lowest BCUT2D eigenvalue weighted by Gasteiger charge is -2.10. The van der Waals surface area contributed by atoms with Crippen molar-refractivity contribution in [2.45, 2.75) is 16.0 Å². The van der Waals surface area contributed by atoms with Crippen molar-refractivity contribution in [3.05, 3.63) is 59.8 Å². The first kappa shape index (κ1) is 22.1. The smallest absolute Gasteiger partial charge is 0.475 e. The van der Waals surface area contributed by atoms with Gasteiger partial charge in [0.25, 0.3) is 0 Å². The lowest BCUT2D eigenvalue weighted by molar-refractivity contribution is -0.192. The van der Waals surface area contributed by atoms with Crippen LogP contribution in [0.15, 0.2) is 64.5 Å². The van der Waals surface area contributed by atoms with Crippen LogP contribution < -0.4 is 10.6 Å². The molecule has 1 aliphatic heterocycles. The van der Waals surface area contributed by atoms with Crippen LogP contribution in [0.5, 0.6) is 0 Å². The summed E-state index contributed by atoms with van der Waals surface area (Å²) in [5.41, 5.74) is 1.88. The predicted octanol–water partition coefficient (Wildman–Crippen LogP) is 6.36. The van der Waals surface area contributed by atoms with Gasteiger partial charge in [-0.05, 0) is 36.4 Å². The van der Waals surface area contributed by atoms with Gasteiger partial charge in [0.05, 0.1) is 6.20 Å². The van der Waals surface area contributed by atoms with Gasteiger partial charge in [-0.1, -0.05) is 45.3 Å². The molecule has 0 amide bonds. The molecule has 6 nitrogen and oxygen atoms in total. The van der Waals surface area contributed by atoms with Crippen LogP contribution in [-0.4, -0.2) is 27.2 Å². The first-order chi connectivity index (χ1) is 14.2. The molecule has 3 aromatic rings. The Kier molecular flexibility index (Phi) is 6.95. The standard InChI is InChI=1S/C16H11ClN4S2.C2HF3O2/c17-14-9-18-16-20-11-4-2-6-13(8-11)23-22-12-5-1-3-10(7-12)19-15(14)21-16;3-2(4,5)1(6)7/h1-9H,(H2,18,19,20,21);(H,6,7). The van der Waals surface area contributed by atoms with Crippen molar-refractivity contribution < 1.29 is 23.1 Å². The molecule has 3 N–H and O–H groups in total. The molecule has 12 heteroatoms. The molecule has 1 aromatic heterocycles. The van der Waals surface area contributed by atoms with E-state index in [4.69, 9.17) is 21.5 Å². The monoisotopic (exact) mass is 472 g/mol. The van der Waals surface area contributed by atoms with Gasteiger partial charge in [0.1, 0.15) is 5.02 Å². The van der Waals surface area contributed by atoms with E-state index >= 15 is 0 Å². The molecule has 0 aliphatic carbocycles. The highest BCUT2D eigenvalue weighted by Gasteiger charge is 2.38. The maximum absolute atomic E-state index is 10.6. The Labute approximate surface area is 181 Å². The Morgan fingerprint density at radius 3 is 2.07 bits per heavy atom. The van der Waals surface area contributed by atoms with Crippen molar-refractivity contribution in [1.82, 2.24) is 9.97 Å². The number of hydrogen-bond acceptors (Lipinski definition) is 7. The van der Waals surface area contributed by atoms with Crippen LogP contribution in [0.1, 0.15) is 0 Å². The zero-order valence-corrected chi connectivity index (χ0v) is 17.2. The third-order valence-electron chi connectivity index (χ3n) is 3.41. The van der Waals surface area contributed by atoms with Gasteiger partial charge < -0.3 is 15.7 Å². The second-order valence-corrected chi connectivity index (χ2v) is 8.35. The number of carbonyl (C=O) groups is 1. The molecule has 0 atom stereocenters. The van der Waals surface area contributed by atoms with E-state index in [0.29, 0.717) is 16.8 Å². The van der Waals surface area contributed by atoms with Gasteiger partial charge >= 0.3 is 12.1 Å². The van der Waals surface area contributed by atoms with Crippen LogP contribution in [-0.2, 0) is 4.79 Å². The summed E-state index contributed by atoms with van der Waals surface area (Å²) in [6.45, 7) is 0. The summed E-state index contributed by atoms with van der Waals surface area (Å²) in [6.07, 6.45) is -3.49. The van der Waals surface area contributed by atoms with Crippen LogP contribution in [0, 0.1) is 0 Å². The van der Waals surface area contributed by atoms with Crippen molar-refractivity contribution in [2.24, 2.45) is 0 Å². The van der Waals surface area contributed by atoms with Crippen molar-refractivity contribution in [2.75, 3.05) is 10.6 Å². The molecule has 156 valence electrons. The van der Waals surface area contributed by atoms with Crippen molar-refractivity contribution in [3.63, 3.8) is 0 Å². The molecule has 6 bridgehead atoms. The highest BCUT2D eigenvalue weighted by molar-refractivity contribution is 8.76. The summed E-state index contributed by atoms with van der Waals surface area (Å²) in [7, 11) is 3.42. The Morgan fingerprint density at radius 1 is 1.00 bits per heavy atom. The maximum Gasteiger partial charge on any atom is 0.490 e. The highest BCUT2D eigenvalue weighted by atomic mass is 35.5. The lowest BCUT2D eigenvalue weighted by Crippen LogP contribution is -2.21.